The fourth-order valence-electron chi connectivity index (χ4n) is 1.21. The van der Waals surface area contributed by atoms with Gasteiger partial charge in [0, 0.05) is 11.6 Å². The van der Waals surface area contributed by atoms with Gasteiger partial charge in [-0.1, -0.05) is 20.8 Å². The van der Waals surface area contributed by atoms with Crippen LogP contribution in [0.1, 0.15) is 26.5 Å². The summed E-state index contributed by atoms with van der Waals surface area (Å²) in [6.45, 7) is 6.45. The number of fused-ring (bicyclic) bond motifs is 1. The van der Waals surface area contributed by atoms with E-state index in [1.165, 1.54) is 0 Å². The molecule has 0 aromatic carbocycles. The van der Waals surface area contributed by atoms with Crippen LogP contribution in [0.25, 0.3) is 5.52 Å². The maximum atomic E-state index is 4.39. The van der Waals surface area contributed by atoms with Gasteiger partial charge in [0.05, 0.1) is 29.9 Å². The summed E-state index contributed by atoms with van der Waals surface area (Å²) < 4.78 is 1.99. The molecule has 0 bridgehead atoms. The van der Waals surface area contributed by atoms with Crippen LogP contribution in [0.5, 0.6) is 0 Å². The van der Waals surface area contributed by atoms with Crippen molar-refractivity contribution in [2.75, 3.05) is 0 Å². The second-order valence-corrected chi connectivity index (χ2v) is 4.25. The van der Waals surface area contributed by atoms with Crippen LogP contribution in [0, 0.1) is 0 Å². The zero-order chi connectivity index (χ0) is 9.47. The van der Waals surface area contributed by atoms with E-state index in [2.05, 4.69) is 30.7 Å². The molecule has 3 heteroatoms. The Hall–Kier alpha value is -1.38. The van der Waals surface area contributed by atoms with Crippen LogP contribution in [0.3, 0.4) is 0 Å². The zero-order valence-corrected chi connectivity index (χ0v) is 8.15. The molecule has 3 nitrogen and oxygen atoms in total. The van der Waals surface area contributed by atoms with Crippen LogP contribution in [0.2, 0.25) is 0 Å². The largest absolute Gasteiger partial charge is 0.303 e. The number of hydrogen-bond donors (Lipinski definition) is 0. The first kappa shape index (κ1) is 8.23. The number of hydrogen-bond acceptors (Lipinski definition) is 2. The first-order valence-electron chi connectivity index (χ1n) is 4.35. The Morgan fingerprint density at radius 1 is 1.23 bits per heavy atom. The first-order valence-corrected chi connectivity index (χ1v) is 4.35. The summed E-state index contributed by atoms with van der Waals surface area (Å²) in [5, 5.41) is 0. The van der Waals surface area contributed by atoms with Gasteiger partial charge in [0.2, 0.25) is 0 Å². The maximum absolute atomic E-state index is 4.39. The standard InChI is InChI=1S/C10H13N3/c1-10(2,3)9-6-13-7-11-4-8(13)5-12-9/h4-7H,1-3H3. The zero-order valence-electron chi connectivity index (χ0n) is 8.15. The molecule has 0 saturated carbocycles. The summed E-state index contributed by atoms with van der Waals surface area (Å²) in [6.07, 6.45) is 7.49. The van der Waals surface area contributed by atoms with Crippen molar-refractivity contribution in [1.82, 2.24) is 14.4 Å². The van der Waals surface area contributed by atoms with E-state index in [1.807, 2.05) is 16.8 Å². The molecule has 0 N–H and O–H groups in total. The molecule has 68 valence electrons. The lowest BCUT2D eigenvalue weighted by Crippen LogP contribution is -2.14. The SMILES string of the molecule is CC(C)(C)c1cn2cncc2cn1. The highest BCUT2D eigenvalue weighted by atomic mass is 15.0. The van der Waals surface area contributed by atoms with E-state index < -0.39 is 0 Å². The van der Waals surface area contributed by atoms with Crippen LogP contribution >= 0.6 is 0 Å². The minimum absolute atomic E-state index is 0.0957. The monoisotopic (exact) mass is 175 g/mol. The van der Waals surface area contributed by atoms with E-state index in [0.29, 0.717) is 0 Å². The van der Waals surface area contributed by atoms with Crippen LogP contribution in [0.15, 0.2) is 24.9 Å². The summed E-state index contributed by atoms with van der Waals surface area (Å²) in [5.41, 5.74) is 2.21. The van der Waals surface area contributed by atoms with Crippen molar-refractivity contribution in [2.24, 2.45) is 0 Å². The molecule has 0 amide bonds. The minimum Gasteiger partial charge on any atom is -0.303 e. The van der Waals surface area contributed by atoms with Gasteiger partial charge < -0.3 is 4.40 Å². The fraction of sp³-hybridized carbons (Fsp3) is 0.400. The highest BCUT2D eigenvalue weighted by molar-refractivity contribution is 5.42. The van der Waals surface area contributed by atoms with Crippen LogP contribution in [-0.2, 0) is 5.41 Å². The molecule has 2 rings (SSSR count). The lowest BCUT2D eigenvalue weighted by atomic mass is 9.93. The van der Waals surface area contributed by atoms with Crippen molar-refractivity contribution < 1.29 is 0 Å². The third-order valence-corrected chi connectivity index (χ3v) is 2.06. The quantitative estimate of drug-likeness (QED) is 0.613. The second kappa shape index (κ2) is 2.55. The maximum Gasteiger partial charge on any atom is 0.0993 e. The van der Waals surface area contributed by atoms with Crippen molar-refractivity contribution >= 4 is 5.52 Å². The average Bonchev–Trinajstić information content (AvgIpc) is 2.47. The Morgan fingerprint density at radius 3 is 2.69 bits per heavy atom. The normalized spacial score (nSPS) is 12.2. The van der Waals surface area contributed by atoms with Crippen molar-refractivity contribution in [1.29, 1.82) is 0 Å². The summed E-state index contributed by atoms with van der Waals surface area (Å²) in [4.78, 5) is 8.44. The smallest absolute Gasteiger partial charge is 0.0993 e. The van der Waals surface area contributed by atoms with Gasteiger partial charge in [0.1, 0.15) is 0 Å². The minimum atomic E-state index is 0.0957. The first-order chi connectivity index (χ1) is 6.07. The van der Waals surface area contributed by atoms with E-state index in [1.54, 1.807) is 12.5 Å². The molecule has 0 aliphatic carbocycles. The molecule has 0 atom stereocenters. The lowest BCUT2D eigenvalue weighted by Gasteiger charge is -2.17. The summed E-state index contributed by atoms with van der Waals surface area (Å²) >= 11 is 0. The van der Waals surface area contributed by atoms with Gasteiger partial charge in [-0.2, -0.15) is 0 Å². The van der Waals surface area contributed by atoms with Gasteiger partial charge in [-0.05, 0) is 0 Å². The lowest BCUT2D eigenvalue weighted by molar-refractivity contribution is 0.565. The van der Waals surface area contributed by atoms with Crippen LogP contribution in [-0.4, -0.2) is 14.4 Å². The molecule has 0 spiro atoms. The highest BCUT2D eigenvalue weighted by Crippen LogP contribution is 2.19. The Kier molecular flexibility index (Phi) is 1.62. The molecule has 0 aliphatic heterocycles. The Labute approximate surface area is 77.4 Å². The van der Waals surface area contributed by atoms with Gasteiger partial charge in [-0.15, -0.1) is 0 Å². The number of rotatable bonds is 0. The van der Waals surface area contributed by atoms with Crippen LogP contribution < -0.4 is 0 Å². The van der Waals surface area contributed by atoms with E-state index in [0.717, 1.165) is 11.2 Å². The highest BCUT2D eigenvalue weighted by Gasteiger charge is 2.15. The van der Waals surface area contributed by atoms with Gasteiger partial charge in [-0.25, -0.2) is 4.98 Å². The van der Waals surface area contributed by atoms with Crippen LogP contribution in [0.4, 0.5) is 0 Å². The molecule has 0 saturated heterocycles. The Morgan fingerprint density at radius 2 is 2.00 bits per heavy atom. The second-order valence-electron chi connectivity index (χ2n) is 4.25. The Balaban J connectivity index is 2.61. The molecule has 2 aromatic heterocycles. The summed E-state index contributed by atoms with van der Waals surface area (Å²) in [6, 6.07) is 0. The molecule has 2 heterocycles. The third-order valence-electron chi connectivity index (χ3n) is 2.06. The number of nitrogens with zero attached hydrogens (tertiary/aromatic N) is 3. The van der Waals surface area contributed by atoms with Crippen molar-refractivity contribution in [3.63, 3.8) is 0 Å². The van der Waals surface area contributed by atoms with E-state index in [-0.39, 0.29) is 5.41 Å². The molecule has 0 unspecified atom stereocenters. The topological polar surface area (TPSA) is 30.2 Å². The fourth-order valence-corrected chi connectivity index (χ4v) is 1.21. The summed E-state index contributed by atoms with van der Waals surface area (Å²) in [5.74, 6) is 0. The number of aromatic nitrogens is 3. The molecule has 2 aromatic rings. The van der Waals surface area contributed by atoms with E-state index >= 15 is 0 Å². The van der Waals surface area contributed by atoms with Gasteiger partial charge >= 0.3 is 0 Å². The van der Waals surface area contributed by atoms with Gasteiger partial charge in [-0.3, -0.25) is 4.98 Å². The average molecular weight is 175 g/mol. The van der Waals surface area contributed by atoms with Crippen molar-refractivity contribution in [2.45, 2.75) is 26.2 Å². The Bertz CT molecular complexity index is 423. The van der Waals surface area contributed by atoms with Gasteiger partial charge in [0.25, 0.3) is 0 Å². The number of imidazole rings is 1. The molecule has 0 radical (unpaired) electrons. The van der Waals surface area contributed by atoms with E-state index in [9.17, 15) is 0 Å². The molecule has 13 heavy (non-hydrogen) atoms. The van der Waals surface area contributed by atoms with Crippen molar-refractivity contribution in [3.8, 4) is 0 Å². The summed E-state index contributed by atoms with van der Waals surface area (Å²) in [7, 11) is 0. The van der Waals surface area contributed by atoms with Gasteiger partial charge in [0.15, 0.2) is 0 Å². The van der Waals surface area contributed by atoms with Crippen molar-refractivity contribution in [3.05, 3.63) is 30.6 Å². The molecule has 0 fully saturated rings. The predicted octanol–water partition coefficient (Wildman–Crippen LogP) is 2.03. The third kappa shape index (κ3) is 1.41. The van der Waals surface area contributed by atoms with E-state index in [4.69, 9.17) is 0 Å². The predicted molar refractivity (Wildman–Crippen MR) is 51.7 cm³/mol. The molecular formula is C10H13N3. The molecule has 0 aliphatic rings. The molecular weight excluding hydrogens is 162 g/mol.